The van der Waals surface area contributed by atoms with Gasteiger partial charge in [0.2, 0.25) is 0 Å². The monoisotopic (exact) mass is 307 g/mol. The number of esters is 1. The van der Waals surface area contributed by atoms with E-state index < -0.39 is 24.2 Å². The molecule has 0 aliphatic carbocycles. The molecule has 22 heavy (non-hydrogen) atoms. The number of methoxy groups -OCH3 is 1. The highest BCUT2D eigenvalue weighted by Crippen LogP contribution is 2.32. The third-order valence-electron chi connectivity index (χ3n) is 3.36. The van der Waals surface area contributed by atoms with Gasteiger partial charge in [-0.15, -0.1) is 0 Å². The van der Waals surface area contributed by atoms with Gasteiger partial charge >= 0.3 is 11.9 Å². The minimum absolute atomic E-state index is 0.122. The van der Waals surface area contributed by atoms with Gasteiger partial charge in [0.05, 0.1) is 19.3 Å². The minimum Gasteiger partial charge on any atom is -0.468 e. The zero-order valence-electron chi connectivity index (χ0n) is 13.2. The fraction of sp³-hybridized carbons (Fsp3) is 0.500. The maximum absolute atomic E-state index is 12.3. The average Bonchev–Trinajstić information content (AvgIpc) is 2.91. The van der Waals surface area contributed by atoms with Gasteiger partial charge in [-0.05, 0) is 12.1 Å². The molecule has 1 aromatic rings. The number of carbonyl (C=O) groups excluding carboxylic acids is 2. The summed E-state index contributed by atoms with van der Waals surface area (Å²) < 4.78 is 10.4. The van der Waals surface area contributed by atoms with Crippen molar-refractivity contribution in [3.05, 3.63) is 35.9 Å². The van der Waals surface area contributed by atoms with E-state index in [-0.39, 0.29) is 12.0 Å². The van der Waals surface area contributed by atoms with E-state index in [1.54, 1.807) is 24.3 Å². The molecular weight excluding hydrogens is 286 g/mol. The van der Waals surface area contributed by atoms with Crippen molar-refractivity contribution >= 4 is 11.9 Å². The first-order valence-corrected chi connectivity index (χ1v) is 7.09. The number of hydrogen-bond donors (Lipinski definition) is 0. The molecule has 1 fully saturated rings. The first-order chi connectivity index (χ1) is 10.3. The van der Waals surface area contributed by atoms with E-state index in [0.717, 1.165) is 0 Å². The molecule has 0 radical (unpaired) electrons. The number of benzene rings is 1. The van der Waals surface area contributed by atoms with Crippen molar-refractivity contribution in [3.63, 3.8) is 0 Å². The average molecular weight is 307 g/mol. The number of rotatable bonds is 3. The molecule has 0 bridgehead atoms. The van der Waals surface area contributed by atoms with Crippen molar-refractivity contribution in [2.75, 3.05) is 13.7 Å². The van der Waals surface area contributed by atoms with E-state index in [1.807, 2.05) is 26.8 Å². The molecule has 0 aromatic heterocycles. The fourth-order valence-electron chi connectivity index (χ4n) is 2.27. The highest BCUT2D eigenvalue weighted by molar-refractivity contribution is 5.89. The summed E-state index contributed by atoms with van der Waals surface area (Å²) in [5, 5.41) is 1.31. The topological polar surface area (TPSA) is 65.1 Å². The third kappa shape index (κ3) is 3.45. The summed E-state index contributed by atoms with van der Waals surface area (Å²) in [5.41, 5.74) is 0.0744. The van der Waals surface area contributed by atoms with Crippen molar-refractivity contribution in [2.45, 2.75) is 33.0 Å². The normalized spacial score (nSPS) is 22.4. The van der Waals surface area contributed by atoms with Crippen molar-refractivity contribution in [1.29, 1.82) is 0 Å². The predicted molar refractivity (Wildman–Crippen MR) is 78.7 cm³/mol. The summed E-state index contributed by atoms with van der Waals surface area (Å²) in [6, 6.07) is 7.84. The quantitative estimate of drug-likeness (QED) is 0.796. The lowest BCUT2D eigenvalue weighted by Crippen LogP contribution is -2.48. The number of hydroxylamine groups is 2. The van der Waals surface area contributed by atoms with Crippen LogP contribution < -0.4 is 0 Å². The van der Waals surface area contributed by atoms with Gasteiger partial charge in [-0.3, -0.25) is 4.79 Å². The Morgan fingerprint density at radius 3 is 2.41 bits per heavy atom. The van der Waals surface area contributed by atoms with Crippen LogP contribution in [0.5, 0.6) is 0 Å². The van der Waals surface area contributed by atoms with E-state index in [1.165, 1.54) is 12.2 Å². The van der Waals surface area contributed by atoms with Crippen molar-refractivity contribution in [3.8, 4) is 0 Å². The number of nitrogens with zero attached hydrogens (tertiary/aromatic N) is 1. The Bertz CT molecular complexity index is 537. The van der Waals surface area contributed by atoms with Crippen molar-refractivity contribution in [1.82, 2.24) is 5.06 Å². The third-order valence-corrected chi connectivity index (χ3v) is 3.36. The smallest absolute Gasteiger partial charge is 0.357 e. The molecule has 0 spiro atoms. The van der Waals surface area contributed by atoms with Gasteiger partial charge in [0, 0.05) is 5.41 Å². The van der Waals surface area contributed by atoms with Gasteiger partial charge in [0.25, 0.3) is 0 Å². The standard InChI is InChI=1S/C16H21NO5/c1-16(2,3)15-17(12(10-21-15)14(19)20-4)22-13(18)11-8-6-5-7-9-11/h5-9,12,15H,10H2,1-4H3/t12-,15+/m1/s1. The Kier molecular flexibility index (Phi) is 4.83. The molecule has 2 rings (SSSR count). The Balaban J connectivity index is 2.21. The van der Waals surface area contributed by atoms with Crippen molar-refractivity contribution in [2.24, 2.45) is 5.41 Å². The molecule has 0 unspecified atom stereocenters. The van der Waals surface area contributed by atoms with E-state index >= 15 is 0 Å². The van der Waals surface area contributed by atoms with Gasteiger partial charge < -0.3 is 14.3 Å². The van der Waals surface area contributed by atoms with Crippen molar-refractivity contribution < 1.29 is 23.9 Å². The maximum Gasteiger partial charge on any atom is 0.357 e. The molecule has 0 saturated carbocycles. The van der Waals surface area contributed by atoms with Gasteiger partial charge in [0.1, 0.15) is 6.23 Å². The van der Waals surface area contributed by atoms with Crippen LogP contribution in [0.1, 0.15) is 31.1 Å². The fourth-order valence-corrected chi connectivity index (χ4v) is 2.27. The molecule has 0 amide bonds. The summed E-state index contributed by atoms with van der Waals surface area (Å²) in [6.45, 7) is 5.96. The first kappa shape index (κ1) is 16.5. The lowest BCUT2D eigenvalue weighted by molar-refractivity contribution is -0.210. The second kappa shape index (κ2) is 6.46. The van der Waals surface area contributed by atoms with E-state index in [2.05, 4.69) is 0 Å². The lowest BCUT2D eigenvalue weighted by Gasteiger charge is -2.33. The van der Waals surface area contributed by atoms with Crippen LogP contribution in [0.4, 0.5) is 0 Å². The minimum atomic E-state index is -0.762. The Morgan fingerprint density at radius 2 is 1.86 bits per heavy atom. The molecule has 2 atom stereocenters. The molecular formula is C16H21NO5. The molecule has 6 heteroatoms. The van der Waals surface area contributed by atoms with Crippen LogP contribution in [0.15, 0.2) is 30.3 Å². The Labute approximate surface area is 129 Å². The largest absolute Gasteiger partial charge is 0.468 e. The summed E-state index contributed by atoms with van der Waals surface area (Å²) in [6.07, 6.45) is -0.524. The summed E-state index contributed by atoms with van der Waals surface area (Å²) in [7, 11) is 1.30. The zero-order chi connectivity index (χ0) is 16.3. The molecule has 0 N–H and O–H groups in total. The summed E-state index contributed by atoms with van der Waals surface area (Å²) in [5.74, 6) is -1.03. The van der Waals surface area contributed by atoms with E-state index in [4.69, 9.17) is 14.3 Å². The van der Waals surface area contributed by atoms with Crippen LogP contribution in [0, 0.1) is 5.41 Å². The number of carbonyl (C=O) groups is 2. The van der Waals surface area contributed by atoms with Crippen LogP contribution in [0.3, 0.4) is 0 Å². The predicted octanol–water partition coefficient (Wildman–Crippen LogP) is 2.00. The summed E-state index contributed by atoms with van der Waals surface area (Å²) in [4.78, 5) is 29.6. The molecule has 6 nitrogen and oxygen atoms in total. The highest BCUT2D eigenvalue weighted by atomic mass is 16.8. The second-order valence-electron chi connectivity index (χ2n) is 6.20. The Hall–Kier alpha value is -1.92. The van der Waals surface area contributed by atoms with Crippen LogP contribution in [-0.2, 0) is 19.1 Å². The first-order valence-electron chi connectivity index (χ1n) is 7.09. The van der Waals surface area contributed by atoms with Crippen LogP contribution in [-0.4, -0.2) is 43.0 Å². The number of ether oxygens (including phenoxy) is 2. The lowest BCUT2D eigenvalue weighted by atomic mass is 9.94. The molecule has 1 aromatic carbocycles. The molecule has 1 heterocycles. The van der Waals surface area contributed by atoms with Gasteiger partial charge in [-0.1, -0.05) is 44.0 Å². The van der Waals surface area contributed by atoms with E-state index in [0.29, 0.717) is 5.56 Å². The van der Waals surface area contributed by atoms with Crippen LogP contribution >= 0.6 is 0 Å². The van der Waals surface area contributed by atoms with Gasteiger partial charge in [-0.25, -0.2) is 4.79 Å². The molecule has 120 valence electrons. The highest BCUT2D eigenvalue weighted by Gasteiger charge is 2.47. The van der Waals surface area contributed by atoms with Gasteiger partial charge in [0.15, 0.2) is 6.04 Å². The van der Waals surface area contributed by atoms with Crippen LogP contribution in [0.2, 0.25) is 0 Å². The van der Waals surface area contributed by atoms with E-state index in [9.17, 15) is 9.59 Å². The van der Waals surface area contributed by atoms with Crippen LogP contribution in [0.25, 0.3) is 0 Å². The molecule has 1 aliphatic heterocycles. The molecule has 1 saturated heterocycles. The maximum atomic E-state index is 12.3. The zero-order valence-corrected chi connectivity index (χ0v) is 13.2. The second-order valence-corrected chi connectivity index (χ2v) is 6.20. The Morgan fingerprint density at radius 1 is 1.23 bits per heavy atom. The summed E-state index contributed by atoms with van der Waals surface area (Å²) >= 11 is 0. The molecule has 1 aliphatic rings. The SMILES string of the molecule is COC(=O)[C@H]1CO[C@@H](C(C)(C)C)N1OC(=O)c1ccccc1. The van der Waals surface area contributed by atoms with Gasteiger partial charge in [-0.2, -0.15) is 0 Å². The number of hydrogen-bond acceptors (Lipinski definition) is 6.